The lowest BCUT2D eigenvalue weighted by atomic mass is 9.97. The molecule has 0 spiro atoms. The molecule has 0 aromatic rings. The fourth-order valence-electron chi connectivity index (χ4n) is 3.85. The topological polar surface area (TPSA) is 57.2 Å². The first-order chi connectivity index (χ1) is 12.0. The van der Waals surface area contributed by atoms with Crippen molar-refractivity contribution in [1.82, 2.24) is 15.1 Å². The van der Waals surface area contributed by atoms with Gasteiger partial charge in [0.2, 0.25) is 0 Å². The number of halogens is 1. The van der Waals surface area contributed by atoms with E-state index in [9.17, 15) is 4.79 Å². The molecule has 2 heterocycles. The molecule has 152 valence electrons. The number of piperidine rings is 2. The number of nitrogens with one attached hydrogen (secondary N) is 1. The number of carbonyl (C=O) groups excluding carboxylic acids is 1. The largest absolute Gasteiger partial charge is 0.469 e. The van der Waals surface area contributed by atoms with Gasteiger partial charge in [-0.1, -0.05) is 0 Å². The number of hydrogen-bond acceptors (Lipinski definition) is 4. The molecule has 0 aromatic carbocycles. The van der Waals surface area contributed by atoms with E-state index in [0.717, 1.165) is 51.5 Å². The van der Waals surface area contributed by atoms with E-state index in [1.54, 1.807) is 0 Å². The Morgan fingerprint density at radius 2 is 1.92 bits per heavy atom. The zero-order chi connectivity index (χ0) is 18.2. The zero-order valence-electron chi connectivity index (χ0n) is 16.9. The van der Waals surface area contributed by atoms with E-state index in [1.165, 1.54) is 26.5 Å². The highest BCUT2D eigenvalue weighted by Crippen LogP contribution is 2.20. The molecule has 2 rings (SSSR count). The Hall–Kier alpha value is -0.570. The molecule has 1 N–H and O–H groups in total. The summed E-state index contributed by atoms with van der Waals surface area (Å²) in [7, 11) is 1.48. The summed E-state index contributed by atoms with van der Waals surface area (Å²) in [5, 5.41) is 3.43. The normalized spacial score (nSPS) is 22.9. The van der Waals surface area contributed by atoms with Crippen LogP contribution in [0.4, 0.5) is 0 Å². The van der Waals surface area contributed by atoms with E-state index in [-0.39, 0.29) is 35.9 Å². The first-order valence-corrected chi connectivity index (χ1v) is 9.90. The minimum absolute atomic E-state index is 0. The predicted octanol–water partition coefficient (Wildman–Crippen LogP) is 2.58. The third-order valence-corrected chi connectivity index (χ3v) is 5.44. The van der Waals surface area contributed by atoms with Crippen molar-refractivity contribution >= 4 is 35.9 Å². The SMILES string of the molecule is CCNC(=NCC1CCCN(C(C)C)C1)N1CCC(C(=O)OC)CC1.I. The Bertz CT molecular complexity index is 451. The molecule has 0 aliphatic carbocycles. The van der Waals surface area contributed by atoms with Gasteiger partial charge in [0.25, 0.3) is 0 Å². The second-order valence-corrected chi connectivity index (χ2v) is 7.58. The van der Waals surface area contributed by atoms with Gasteiger partial charge < -0.3 is 19.9 Å². The van der Waals surface area contributed by atoms with Gasteiger partial charge in [0.1, 0.15) is 0 Å². The molecule has 1 atom stereocenters. The number of guanidine groups is 1. The van der Waals surface area contributed by atoms with E-state index < -0.39 is 0 Å². The Kier molecular flexibility index (Phi) is 10.8. The van der Waals surface area contributed by atoms with Crippen molar-refractivity contribution in [1.29, 1.82) is 0 Å². The van der Waals surface area contributed by atoms with Crippen LogP contribution in [0.15, 0.2) is 4.99 Å². The van der Waals surface area contributed by atoms with Gasteiger partial charge in [-0.3, -0.25) is 9.79 Å². The highest BCUT2D eigenvalue weighted by atomic mass is 127. The maximum absolute atomic E-state index is 11.7. The van der Waals surface area contributed by atoms with Crippen molar-refractivity contribution < 1.29 is 9.53 Å². The molecule has 0 saturated carbocycles. The molecule has 26 heavy (non-hydrogen) atoms. The minimum Gasteiger partial charge on any atom is -0.469 e. The van der Waals surface area contributed by atoms with Crippen LogP contribution in [0.25, 0.3) is 0 Å². The van der Waals surface area contributed by atoms with Crippen LogP contribution in [-0.2, 0) is 9.53 Å². The Balaban J connectivity index is 0.00000338. The second-order valence-electron chi connectivity index (χ2n) is 7.58. The molecule has 0 aromatic heterocycles. The number of ether oxygens (including phenoxy) is 1. The lowest BCUT2D eigenvalue weighted by Gasteiger charge is -2.36. The number of methoxy groups -OCH3 is 1. The van der Waals surface area contributed by atoms with Gasteiger partial charge in [0.15, 0.2) is 5.96 Å². The summed E-state index contributed by atoms with van der Waals surface area (Å²) in [6.45, 7) is 12.5. The molecular formula is C19H37IN4O2. The Labute approximate surface area is 176 Å². The van der Waals surface area contributed by atoms with Crippen LogP contribution in [0, 0.1) is 11.8 Å². The van der Waals surface area contributed by atoms with Crippen molar-refractivity contribution in [2.45, 2.75) is 52.5 Å². The third kappa shape index (κ3) is 6.87. The van der Waals surface area contributed by atoms with Crippen LogP contribution in [0.5, 0.6) is 0 Å². The van der Waals surface area contributed by atoms with Gasteiger partial charge in [-0.15, -0.1) is 24.0 Å². The number of hydrogen-bond donors (Lipinski definition) is 1. The summed E-state index contributed by atoms with van der Waals surface area (Å²) in [5.74, 6) is 1.63. The fourth-order valence-corrected chi connectivity index (χ4v) is 3.85. The smallest absolute Gasteiger partial charge is 0.308 e. The van der Waals surface area contributed by atoms with E-state index in [1.807, 2.05) is 0 Å². The molecule has 2 saturated heterocycles. The average Bonchev–Trinajstić information content (AvgIpc) is 2.65. The molecule has 7 heteroatoms. The number of esters is 1. The third-order valence-electron chi connectivity index (χ3n) is 5.44. The number of likely N-dealkylation sites (tertiary alicyclic amines) is 2. The van der Waals surface area contributed by atoms with Crippen LogP contribution in [0.1, 0.15) is 46.5 Å². The van der Waals surface area contributed by atoms with E-state index in [4.69, 9.17) is 9.73 Å². The first kappa shape index (κ1) is 23.5. The van der Waals surface area contributed by atoms with Crippen molar-refractivity contribution in [3.63, 3.8) is 0 Å². The lowest BCUT2D eigenvalue weighted by molar-refractivity contribution is -0.146. The van der Waals surface area contributed by atoms with E-state index in [0.29, 0.717) is 12.0 Å². The van der Waals surface area contributed by atoms with Gasteiger partial charge in [-0.25, -0.2) is 0 Å². The molecule has 0 radical (unpaired) electrons. The number of aliphatic imine (C=N–C) groups is 1. The maximum Gasteiger partial charge on any atom is 0.308 e. The maximum atomic E-state index is 11.7. The molecule has 2 fully saturated rings. The van der Waals surface area contributed by atoms with E-state index in [2.05, 4.69) is 35.9 Å². The summed E-state index contributed by atoms with van der Waals surface area (Å²) in [6, 6.07) is 0.623. The lowest BCUT2D eigenvalue weighted by Crippen LogP contribution is -2.47. The van der Waals surface area contributed by atoms with Crippen molar-refractivity contribution in [2.24, 2.45) is 16.8 Å². The summed E-state index contributed by atoms with van der Waals surface area (Å²) in [5.41, 5.74) is 0. The number of carbonyl (C=O) groups is 1. The summed E-state index contributed by atoms with van der Waals surface area (Å²) in [4.78, 5) is 21.5. The van der Waals surface area contributed by atoms with Crippen LogP contribution in [0.2, 0.25) is 0 Å². The monoisotopic (exact) mass is 480 g/mol. The fraction of sp³-hybridized carbons (Fsp3) is 0.895. The highest BCUT2D eigenvalue weighted by molar-refractivity contribution is 14.0. The molecule has 1 unspecified atom stereocenters. The van der Waals surface area contributed by atoms with E-state index >= 15 is 0 Å². The van der Waals surface area contributed by atoms with Gasteiger partial charge in [-0.05, 0) is 58.9 Å². The average molecular weight is 480 g/mol. The van der Waals surface area contributed by atoms with Crippen LogP contribution < -0.4 is 5.32 Å². The molecular weight excluding hydrogens is 443 g/mol. The van der Waals surface area contributed by atoms with Crippen molar-refractivity contribution in [3.05, 3.63) is 0 Å². The van der Waals surface area contributed by atoms with Crippen LogP contribution >= 0.6 is 24.0 Å². The summed E-state index contributed by atoms with van der Waals surface area (Å²) >= 11 is 0. The highest BCUT2D eigenvalue weighted by Gasteiger charge is 2.27. The molecule has 6 nitrogen and oxygen atoms in total. The predicted molar refractivity (Wildman–Crippen MR) is 117 cm³/mol. The number of nitrogens with zero attached hydrogens (tertiary/aromatic N) is 3. The summed E-state index contributed by atoms with van der Waals surface area (Å²) in [6.07, 6.45) is 4.25. The molecule has 0 amide bonds. The first-order valence-electron chi connectivity index (χ1n) is 9.90. The summed E-state index contributed by atoms with van der Waals surface area (Å²) < 4.78 is 4.88. The quantitative estimate of drug-likeness (QED) is 0.284. The van der Waals surface area contributed by atoms with Gasteiger partial charge in [0.05, 0.1) is 13.0 Å². The second kappa shape index (κ2) is 12.0. The van der Waals surface area contributed by atoms with Crippen molar-refractivity contribution in [3.8, 4) is 0 Å². The zero-order valence-corrected chi connectivity index (χ0v) is 19.2. The molecule has 2 aliphatic heterocycles. The van der Waals surface area contributed by atoms with Gasteiger partial charge in [-0.2, -0.15) is 0 Å². The van der Waals surface area contributed by atoms with Gasteiger partial charge >= 0.3 is 5.97 Å². The number of rotatable bonds is 5. The van der Waals surface area contributed by atoms with Gasteiger partial charge in [0, 0.05) is 38.8 Å². The minimum atomic E-state index is -0.0717. The standard InChI is InChI=1S/C19H36N4O2.HI/c1-5-20-19(22-11-8-17(9-12-22)18(24)25-4)21-13-16-7-6-10-23(14-16)15(2)3;/h15-17H,5-14H2,1-4H3,(H,20,21);1H. The van der Waals surface area contributed by atoms with Crippen LogP contribution in [0.3, 0.4) is 0 Å². The van der Waals surface area contributed by atoms with Crippen molar-refractivity contribution in [2.75, 3.05) is 46.4 Å². The molecule has 0 bridgehead atoms. The molecule has 2 aliphatic rings. The Morgan fingerprint density at radius 3 is 2.50 bits per heavy atom. The Morgan fingerprint density at radius 1 is 1.23 bits per heavy atom. The van der Waals surface area contributed by atoms with Crippen LogP contribution in [-0.4, -0.2) is 74.1 Å².